The maximum absolute atomic E-state index is 13.5. The van der Waals surface area contributed by atoms with E-state index in [9.17, 15) is 17.6 Å². The first-order chi connectivity index (χ1) is 15.9. The summed E-state index contributed by atoms with van der Waals surface area (Å²) in [5.41, 5.74) is 2.49. The molecule has 2 fully saturated rings. The van der Waals surface area contributed by atoms with Crippen molar-refractivity contribution < 1.29 is 17.6 Å². The highest BCUT2D eigenvalue weighted by atomic mass is 32.2. The van der Waals surface area contributed by atoms with E-state index < -0.39 is 15.8 Å². The summed E-state index contributed by atoms with van der Waals surface area (Å²) in [4.78, 5) is 14.9. The van der Waals surface area contributed by atoms with Crippen LogP contribution in [0.3, 0.4) is 0 Å². The standard InChI is InChI=1S/C24H27FN4O3S/c25-20-5-4-6-21(16-20)33(31,32)28-12-7-18(8-13-28)19-9-14-29-23(15-19)22(17-26-29)24(30)27-10-2-1-3-11-27/h4-6,9,14-18H,1-3,7-8,10-13H2. The summed E-state index contributed by atoms with van der Waals surface area (Å²) in [6, 6.07) is 9.16. The van der Waals surface area contributed by atoms with Crippen LogP contribution in [0.15, 0.2) is 53.7 Å². The molecule has 5 rings (SSSR count). The first kappa shape index (κ1) is 22.0. The monoisotopic (exact) mass is 470 g/mol. The van der Waals surface area contributed by atoms with Gasteiger partial charge in [-0.2, -0.15) is 9.40 Å². The summed E-state index contributed by atoms with van der Waals surface area (Å²) in [6.45, 7) is 2.31. The molecule has 1 aromatic carbocycles. The van der Waals surface area contributed by atoms with Gasteiger partial charge in [-0.15, -0.1) is 0 Å². The van der Waals surface area contributed by atoms with Gasteiger partial charge in [-0.1, -0.05) is 6.07 Å². The summed E-state index contributed by atoms with van der Waals surface area (Å²) in [7, 11) is -3.72. The average molecular weight is 471 g/mol. The third-order valence-electron chi connectivity index (χ3n) is 6.78. The third kappa shape index (κ3) is 4.27. The summed E-state index contributed by atoms with van der Waals surface area (Å²) < 4.78 is 42.5. The largest absolute Gasteiger partial charge is 0.339 e. The fourth-order valence-corrected chi connectivity index (χ4v) is 6.39. The summed E-state index contributed by atoms with van der Waals surface area (Å²) in [6.07, 6.45) is 8.07. The molecule has 9 heteroatoms. The van der Waals surface area contributed by atoms with Crippen molar-refractivity contribution >= 4 is 21.4 Å². The molecule has 1 amide bonds. The van der Waals surface area contributed by atoms with Crippen LogP contribution >= 0.6 is 0 Å². The maximum atomic E-state index is 13.5. The topological polar surface area (TPSA) is 75.0 Å². The molecule has 0 N–H and O–H groups in total. The fourth-order valence-electron chi connectivity index (χ4n) is 4.89. The number of rotatable bonds is 4. The predicted octanol–water partition coefficient (Wildman–Crippen LogP) is 3.67. The molecule has 2 aromatic heterocycles. The number of sulfonamides is 1. The van der Waals surface area contributed by atoms with E-state index in [1.54, 1.807) is 10.7 Å². The van der Waals surface area contributed by atoms with E-state index in [4.69, 9.17) is 0 Å². The molecule has 2 saturated heterocycles. The van der Waals surface area contributed by atoms with Crippen LogP contribution in [-0.2, 0) is 10.0 Å². The number of pyridine rings is 1. The molecule has 3 aromatic rings. The number of hydrogen-bond donors (Lipinski definition) is 0. The Kier molecular flexibility index (Phi) is 5.92. The number of halogens is 1. The molecule has 0 radical (unpaired) electrons. The lowest BCUT2D eigenvalue weighted by Gasteiger charge is -2.31. The van der Waals surface area contributed by atoms with Crippen LogP contribution in [0, 0.1) is 5.82 Å². The van der Waals surface area contributed by atoms with Crippen LogP contribution in [0.4, 0.5) is 4.39 Å². The van der Waals surface area contributed by atoms with Crippen LogP contribution < -0.4 is 0 Å². The number of carbonyl (C=O) groups is 1. The van der Waals surface area contributed by atoms with Crippen molar-refractivity contribution in [1.29, 1.82) is 0 Å². The van der Waals surface area contributed by atoms with Crippen LogP contribution in [0.5, 0.6) is 0 Å². The lowest BCUT2D eigenvalue weighted by molar-refractivity contribution is 0.0726. The SMILES string of the molecule is O=C(c1cnn2ccc(C3CCN(S(=O)(=O)c4cccc(F)c4)CC3)cc12)N1CCCCC1. The van der Waals surface area contributed by atoms with Gasteiger partial charge in [0.1, 0.15) is 5.82 Å². The second-order valence-corrected chi connectivity index (χ2v) is 10.8. The zero-order valence-corrected chi connectivity index (χ0v) is 19.2. The van der Waals surface area contributed by atoms with E-state index in [0.717, 1.165) is 49.5 Å². The smallest absolute Gasteiger partial charge is 0.257 e. The van der Waals surface area contributed by atoms with Gasteiger partial charge in [0.05, 0.1) is 22.2 Å². The third-order valence-corrected chi connectivity index (χ3v) is 8.67. The molecular formula is C24H27FN4O3S. The minimum Gasteiger partial charge on any atom is -0.339 e. The molecule has 0 atom stereocenters. The molecule has 2 aliphatic rings. The van der Waals surface area contributed by atoms with Gasteiger partial charge in [-0.05, 0) is 73.9 Å². The van der Waals surface area contributed by atoms with Gasteiger partial charge in [-0.3, -0.25) is 4.79 Å². The maximum Gasteiger partial charge on any atom is 0.257 e. The fraction of sp³-hybridized carbons (Fsp3) is 0.417. The van der Waals surface area contributed by atoms with Crippen molar-refractivity contribution in [3.8, 4) is 0 Å². The molecule has 0 bridgehead atoms. The Bertz CT molecular complexity index is 1280. The summed E-state index contributed by atoms with van der Waals surface area (Å²) in [5, 5.41) is 4.36. The molecule has 7 nitrogen and oxygen atoms in total. The minimum atomic E-state index is -3.72. The second kappa shape index (κ2) is 8.87. The average Bonchev–Trinajstić information content (AvgIpc) is 3.27. The molecule has 174 valence electrons. The van der Waals surface area contributed by atoms with Crippen LogP contribution in [0.2, 0.25) is 0 Å². The van der Waals surface area contributed by atoms with Gasteiger partial charge in [-0.25, -0.2) is 17.3 Å². The van der Waals surface area contributed by atoms with E-state index in [0.29, 0.717) is 31.5 Å². The minimum absolute atomic E-state index is 0.0116. The summed E-state index contributed by atoms with van der Waals surface area (Å²) >= 11 is 0. The molecule has 0 saturated carbocycles. The molecule has 2 aliphatic heterocycles. The van der Waals surface area contributed by atoms with Gasteiger partial charge in [0.25, 0.3) is 5.91 Å². The number of nitrogens with zero attached hydrogens (tertiary/aromatic N) is 4. The number of likely N-dealkylation sites (tertiary alicyclic amines) is 1. The highest BCUT2D eigenvalue weighted by molar-refractivity contribution is 7.89. The zero-order valence-electron chi connectivity index (χ0n) is 18.4. The van der Waals surface area contributed by atoms with E-state index in [1.807, 2.05) is 23.2 Å². The predicted molar refractivity (Wildman–Crippen MR) is 122 cm³/mol. The first-order valence-electron chi connectivity index (χ1n) is 11.5. The van der Waals surface area contributed by atoms with Crippen molar-refractivity contribution in [2.24, 2.45) is 0 Å². The number of fused-ring (bicyclic) bond motifs is 1. The lowest BCUT2D eigenvalue weighted by atomic mass is 9.90. The van der Waals surface area contributed by atoms with Crippen molar-refractivity contribution in [2.45, 2.75) is 42.9 Å². The van der Waals surface area contributed by atoms with Crippen molar-refractivity contribution in [3.05, 3.63) is 65.7 Å². The highest BCUT2D eigenvalue weighted by Crippen LogP contribution is 2.32. The second-order valence-electron chi connectivity index (χ2n) is 8.84. The van der Waals surface area contributed by atoms with Gasteiger partial charge in [0.2, 0.25) is 10.0 Å². The lowest BCUT2D eigenvalue weighted by Crippen LogP contribution is -2.38. The normalized spacial score (nSPS) is 18.6. The van der Waals surface area contributed by atoms with Crippen molar-refractivity contribution in [2.75, 3.05) is 26.2 Å². The Hall–Kier alpha value is -2.78. The summed E-state index contributed by atoms with van der Waals surface area (Å²) in [5.74, 6) is -0.352. The quantitative estimate of drug-likeness (QED) is 0.583. The van der Waals surface area contributed by atoms with Crippen LogP contribution in [0.1, 0.15) is 53.9 Å². The van der Waals surface area contributed by atoms with Gasteiger partial charge < -0.3 is 4.90 Å². The van der Waals surface area contributed by atoms with E-state index in [-0.39, 0.29) is 16.7 Å². The highest BCUT2D eigenvalue weighted by Gasteiger charge is 2.30. The molecule has 0 unspecified atom stereocenters. The van der Waals surface area contributed by atoms with Crippen LogP contribution in [0.25, 0.3) is 5.52 Å². The molecular weight excluding hydrogens is 443 g/mol. The Labute approximate surface area is 192 Å². The molecule has 4 heterocycles. The van der Waals surface area contributed by atoms with E-state index >= 15 is 0 Å². The van der Waals surface area contributed by atoms with Gasteiger partial charge in [0.15, 0.2) is 0 Å². The van der Waals surface area contributed by atoms with Crippen LogP contribution in [-0.4, -0.2) is 59.3 Å². The van der Waals surface area contributed by atoms with Crippen molar-refractivity contribution in [3.63, 3.8) is 0 Å². The Morgan fingerprint density at radius 1 is 1.00 bits per heavy atom. The van der Waals surface area contributed by atoms with E-state index in [1.165, 1.54) is 22.5 Å². The van der Waals surface area contributed by atoms with Crippen molar-refractivity contribution in [1.82, 2.24) is 18.8 Å². The number of aromatic nitrogens is 2. The first-order valence-corrected chi connectivity index (χ1v) is 12.9. The number of carbonyl (C=O) groups excluding carboxylic acids is 1. The number of piperidine rings is 2. The van der Waals surface area contributed by atoms with E-state index in [2.05, 4.69) is 5.10 Å². The number of hydrogen-bond acceptors (Lipinski definition) is 4. The Morgan fingerprint density at radius 2 is 1.76 bits per heavy atom. The number of amides is 1. The Morgan fingerprint density at radius 3 is 2.48 bits per heavy atom. The number of benzene rings is 1. The Balaban J connectivity index is 1.33. The zero-order chi connectivity index (χ0) is 23.0. The molecule has 33 heavy (non-hydrogen) atoms. The molecule has 0 spiro atoms. The van der Waals surface area contributed by atoms with Gasteiger partial charge >= 0.3 is 0 Å². The molecule has 0 aliphatic carbocycles. The van der Waals surface area contributed by atoms with Gasteiger partial charge in [0, 0.05) is 32.4 Å².